The number of nitrogens with two attached hydrogens (primary N) is 1. The normalized spacial score (nSPS) is 14.6. The Kier molecular flexibility index (Phi) is 7.39. The molecule has 0 saturated carbocycles. The van der Waals surface area contributed by atoms with Crippen molar-refractivity contribution in [3.05, 3.63) is 34.9 Å². The summed E-state index contributed by atoms with van der Waals surface area (Å²) in [6, 6.07) is 7.63. The third kappa shape index (κ3) is 5.91. The van der Waals surface area contributed by atoms with Gasteiger partial charge in [-0.3, -0.25) is 0 Å². The molecule has 0 aliphatic heterocycles. The Labute approximate surface area is 121 Å². The molecule has 0 bridgehead atoms. The van der Waals surface area contributed by atoms with E-state index in [-0.39, 0.29) is 18.2 Å². The highest BCUT2D eigenvalue weighted by molar-refractivity contribution is 6.30. The molecule has 0 saturated heterocycles. The van der Waals surface area contributed by atoms with Crippen molar-refractivity contribution in [3.8, 4) is 0 Å². The zero-order valence-corrected chi connectivity index (χ0v) is 12.7. The van der Waals surface area contributed by atoms with Gasteiger partial charge < -0.3 is 15.2 Å². The van der Waals surface area contributed by atoms with Crippen LogP contribution in [0, 0.1) is 0 Å². The molecule has 4 heteroatoms. The fraction of sp³-hybridized carbons (Fsp3) is 0.600. The van der Waals surface area contributed by atoms with Crippen LogP contribution in [0.15, 0.2) is 24.3 Å². The second kappa shape index (κ2) is 8.54. The smallest absolute Gasteiger partial charge is 0.0977 e. The van der Waals surface area contributed by atoms with Gasteiger partial charge in [0.1, 0.15) is 0 Å². The van der Waals surface area contributed by atoms with E-state index in [1.807, 2.05) is 38.1 Å². The van der Waals surface area contributed by atoms with Crippen LogP contribution in [0.25, 0.3) is 0 Å². The van der Waals surface area contributed by atoms with Crippen molar-refractivity contribution in [2.75, 3.05) is 13.2 Å². The Morgan fingerprint density at radius 1 is 1.21 bits per heavy atom. The molecule has 108 valence electrons. The van der Waals surface area contributed by atoms with Crippen molar-refractivity contribution in [2.45, 2.75) is 45.4 Å². The van der Waals surface area contributed by atoms with Crippen LogP contribution in [-0.4, -0.2) is 25.4 Å². The monoisotopic (exact) mass is 285 g/mol. The van der Waals surface area contributed by atoms with Gasteiger partial charge in [-0.05, 0) is 38.0 Å². The van der Waals surface area contributed by atoms with Crippen molar-refractivity contribution in [2.24, 2.45) is 5.73 Å². The average molecular weight is 286 g/mol. The molecule has 1 aromatic carbocycles. The van der Waals surface area contributed by atoms with E-state index in [2.05, 4.69) is 6.92 Å². The Balaban J connectivity index is 2.62. The Hall–Kier alpha value is -0.610. The maximum atomic E-state index is 6.13. The van der Waals surface area contributed by atoms with E-state index >= 15 is 0 Å². The Morgan fingerprint density at radius 2 is 1.89 bits per heavy atom. The van der Waals surface area contributed by atoms with Crippen LogP contribution in [0.2, 0.25) is 5.02 Å². The number of benzene rings is 1. The van der Waals surface area contributed by atoms with Crippen LogP contribution in [0.1, 0.15) is 38.9 Å². The molecule has 0 spiro atoms. The first-order valence-electron chi connectivity index (χ1n) is 6.78. The molecule has 3 nitrogen and oxygen atoms in total. The van der Waals surface area contributed by atoms with Gasteiger partial charge in [0.25, 0.3) is 0 Å². The molecule has 1 rings (SSSR count). The SMILES string of the molecule is CCC(N)C(OCCOC(C)C)c1cccc(Cl)c1. The van der Waals surface area contributed by atoms with Crippen LogP contribution in [0.3, 0.4) is 0 Å². The summed E-state index contributed by atoms with van der Waals surface area (Å²) in [5, 5.41) is 0.702. The number of hydrogen-bond donors (Lipinski definition) is 1. The number of halogens is 1. The van der Waals surface area contributed by atoms with E-state index in [0.717, 1.165) is 12.0 Å². The molecule has 0 amide bonds. The Morgan fingerprint density at radius 3 is 2.47 bits per heavy atom. The Bertz CT molecular complexity index is 371. The van der Waals surface area contributed by atoms with E-state index in [9.17, 15) is 0 Å². The van der Waals surface area contributed by atoms with E-state index in [1.54, 1.807) is 0 Å². The molecule has 0 heterocycles. The number of hydrogen-bond acceptors (Lipinski definition) is 3. The van der Waals surface area contributed by atoms with Gasteiger partial charge in [-0.15, -0.1) is 0 Å². The van der Waals surface area contributed by atoms with Crippen LogP contribution >= 0.6 is 11.6 Å². The minimum Gasteiger partial charge on any atom is -0.376 e. The maximum absolute atomic E-state index is 6.13. The number of ether oxygens (including phenoxy) is 2. The summed E-state index contributed by atoms with van der Waals surface area (Å²) in [6.45, 7) is 7.17. The van der Waals surface area contributed by atoms with Crippen LogP contribution in [0.5, 0.6) is 0 Å². The third-order valence-electron chi connectivity index (χ3n) is 2.87. The molecule has 0 aromatic heterocycles. The highest BCUT2D eigenvalue weighted by Crippen LogP contribution is 2.24. The van der Waals surface area contributed by atoms with Gasteiger partial charge in [0.2, 0.25) is 0 Å². The summed E-state index contributed by atoms with van der Waals surface area (Å²) in [6.07, 6.45) is 0.926. The lowest BCUT2D eigenvalue weighted by Gasteiger charge is -2.24. The van der Waals surface area contributed by atoms with Gasteiger partial charge in [0, 0.05) is 11.1 Å². The topological polar surface area (TPSA) is 44.5 Å². The fourth-order valence-electron chi connectivity index (χ4n) is 1.82. The van der Waals surface area contributed by atoms with E-state index in [1.165, 1.54) is 0 Å². The van der Waals surface area contributed by atoms with Gasteiger partial charge in [-0.2, -0.15) is 0 Å². The second-order valence-electron chi connectivity index (χ2n) is 4.84. The summed E-state index contributed by atoms with van der Waals surface area (Å²) < 4.78 is 11.4. The van der Waals surface area contributed by atoms with Gasteiger partial charge in [-0.25, -0.2) is 0 Å². The first-order chi connectivity index (χ1) is 9.04. The van der Waals surface area contributed by atoms with Crippen molar-refractivity contribution in [1.82, 2.24) is 0 Å². The van der Waals surface area contributed by atoms with Gasteiger partial charge >= 0.3 is 0 Å². The quantitative estimate of drug-likeness (QED) is 0.743. The van der Waals surface area contributed by atoms with Crippen LogP contribution in [-0.2, 0) is 9.47 Å². The first-order valence-corrected chi connectivity index (χ1v) is 7.16. The summed E-state index contributed by atoms with van der Waals surface area (Å²) in [4.78, 5) is 0. The van der Waals surface area contributed by atoms with E-state index in [0.29, 0.717) is 18.2 Å². The van der Waals surface area contributed by atoms with Gasteiger partial charge in [0.05, 0.1) is 25.4 Å². The molecule has 2 atom stereocenters. The third-order valence-corrected chi connectivity index (χ3v) is 3.10. The average Bonchev–Trinajstić information content (AvgIpc) is 2.37. The standard InChI is InChI=1S/C15H24ClNO2/c1-4-14(17)15(19-9-8-18-11(2)3)12-6-5-7-13(16)10-12/h5-7,10-11,14-15H,4,8-9,17H2,1-3H3. The zero-order chi connectivity index (χ0) is 14.3. The van der Waals surface area contributed by atoms with E-state index in [4.69, 9.17) is 26.8 Å². The van der Waals surface area contributed by atoms with Crippen LogP contribution in [0.4, 0.5) is 0 Å². The molecule has 19 heavy (non-hydrogen) atoms. The molecule has 0 radical (unpaired) electrons. The molecule has 0 fully saturated rings. The van der Waals surface area contributed by atoms with Crippen molar-refractivity contribution in [1.29, 1.82) is 0 Å². The van der Waals surface area contributed by atoms with Gasteiger partial charge in [0.15, 0.2) is 0 Å². The summed E-state index contributed by atoms with van der Waals surface area (Å²) >= 11 is 6.02. The zero-order valence-electron chi connectivity index (χ0n) is 11.9. The minimum atomic E-state index is -0.139. The van der Waals surface area contributed by atoms with Crippen LogP contribution < -0.4 is 5.73 Å². The molecule has 2 unspecified atom stereocenters. The largest absolute Gasteiger partial charge is 0.376 e. The van der Waals surface area contributed by atoms with Gasteiger partial charge in [-0.1, -0.05) is 30.7 Å². The second-order valence-corrected chi connectivity index (χ2v) is 5.27. The van der Waals surface area contributed by atoms with E-state index < -0.39 is 0 Å². The van der Waals surface area contributed by atoms with Crippen molar-refractivity contribution < 1.29 is 9.47 Å². The lowest BCUT2D eigenvalue weighted by atomic mass is 10.0. The molecule has 0 aliphatic rings. The molecule has 2 N–H and O–H groups in total. The summed E-state index contributed by atoms with van der Waals surface area (Å²) in [5.41, 5.74) is 7.15. The maximum Gasteiger partial charge on any atom is 0.0977 e. The highest BCUT2D eigenvalue weighted by atomic mass is 35.5. The molecular weight excluding hydrogens is 262 g/mol. The predicted octanol–water partition coefficient (Wildman–Crippen LogP) is 3.56. The highest BCUT2D eigenvalue weighted by Gasteiger charge is 2.19. The summed E-state index contributed by atoms with van der Waals surface area (Å²) in [7, 11) is 0. The molecular formula is C15H24ClNO2. The minimum absolute atomic E-state index is 0.0440. The van der Waals surface area contributed by atoms with Crippen molar-refractivity contribution in [3.63, 3.8) is 0 Å². The molecule has 0 aliphatic carbocycles. The van der Waals surface area contributed by atoms with Crippen molar-refractivity contribution >= 4 is 11.6 Å². The summed E-state index contributed by atoms with van der Waals surface area (Å²) in [5.74, 6) is 0. The fourth-order valence-corrected chi connectivity index (χ4v) is 2.02. The number of rotatable bonds is 8. The lowest BCUT2D eigenvalue weighted by Crippen LogP contribution is -2.30. The first kappa shape index (κ1) is 16.4. The predicted molar refractivity (Wildman–Crippen MR) is 79.5 cm³/mol. The molecule has 1 aromatic rings. The lowest BCUT2D eigenvalue weighted by molar-refractivity contribution is -0.0224.